The zero-order valence-corrected chi connectivity index (χ0v) is 11.8. The Hall–Kier alpha value is -0.650. The zero-order chi connectivity index (χ0) is 13.4. The number of carbonyl (C=O) groups excluding carboxylic acids is 1. The first-order valence-electron chi connectivity index (χ1n) is 6.91. The Morgan fingerprint density at radius 3 is 2.94 bits per heavy atom. The highest BCUT2D eigenvalue weighted by atomic mass is 16.5. The molecular formula is C13H26N2O3. The Kier molecular flexibility index (Phi) is 7.23. The lowest BCUT2D eigenvalue weighted by Gasteiger charge is -2.31. The van der Waals surface area contributed by atoms with Gasteiger partial charge in [0.1, 0.15) is 6.04 Å². The van der Waals surface area contributed by atoms with Gasteiger partial charge in [0.25, 0.3) is 0 Å². The van der Waals surface area contributed by atoms with Gasteiger partial charge in [0.15, 0.2) is 0 Å². The van der Waals surface area contributed by atoms with Crippen LogP contribution in [0.5, 0.6) is 0 Å². The van der Waals surface area contributed by atoms with Gasteiger partial charge in [-0.25, -0.2) is 0 Å². The summed E-state index contributed by atoms with van der Waals surface area (Å²) in [6.45, 7) is 10.7. The van der Waals surface area contributed by atoms with Crippen molar-refractivity contribution < 1.29 is 14.3 Å². The molecule has 1 rings (SSSR count). The van der Waals surface area contributed by atoms with Gasteiger partial charge in [-0.3, -0.25) is 9.69 Å². The first kappa shape index (κ1) is 15.4. The van der Waals surface area contributed by atoms with Crippen LogP contribution in [-0.2, 0) is 14.3 Å². The Bertz CT molecular complexity index is 248. The van der Waals surface area contributed by atoms with Gasteiger partial charge in [-0.15, -0.1) is 0 Å². The van der Waals surface area contributed by atoms with Crippen molar-refractivity contribution in [3.05, 3.63) is 0 Å². The van der Waals surface area contributed by atoms with E-state index in [4.69, 9.17) is 9.47 Å². The first-order valence-corrected chi connectivity index (χ1v) is 6.91. The summed E-state index contributed by atoms with van der Waals surface area (Å²) in [7, 11) is 0. The minimum atomic E-state index is -0.187. The quantitative estimate of drug-likeness (QED) is 0.679. The van der Waals surface area contributed by atoms with Crippen molar-refractivity contribution in [3.63, 3.8) is 0 Å². The maximum absolute atomic E-state index is 11.7. The van der Waals surface area contributed by atoms with E-state index >= 15 is 0 Å². The molecule has 1 fully saturated rings. The molecule has 5 nitrogen and oxygen atoms in total. The fourth-order valence-corrected chi connectivity index (χ4v) is 2.20. The Balaban J connectivity index is 2.34. The first-order chi connectivity index (χ1) is 8.67. The molecule has 0 radical (unpaired) electrons. The lowest BCUT2D eigenvalue weighted by atomic mass is 10.2. The molecule has 0 aromatic rings. The SMILES string of the molecule is CCNC(CCN1CCOC(C)C1)C(=O)OCC. The molecule has 0 amide bonds. The summed E-state index contributed by atoms with van der Waals surface area (Å²) in [6, 6.07) is -0.187. The molecular weight excluding hydrogens is 232 g/mol. The van der Waals surface area contributed by atoms with Crippen LogP contribution in [0.4, 0.5) is 0 Å². The van der Waals surface area contributed by atoms with E-state index < -0.39 is 0 Å². The second-order valence-corrected chi connectivity index (χ2v) is 4.63. The van der Waals surface area contributed by atoms with Crippen LogP contribution in [-0.4, -0.2) is 62.4 Å². The summed E-state index contributed by atoms with van der Waals surface area (Å²) < 4.78 is 10.6. The summed E-state index contributed by atoms with van der Waals surface area (Å²) in [4.78, 5) is 14.1. The average molecular weight is 258 g/mol. The van der Waals surface area contributed by atoms with Crippen molar-refractivity contribution in [1.29, 1.82) is 0 Å². The number of hydrogen-bond acceptors (Lipinski definition) is 5. The molecule has 106 valence electrons. The van der Waals surface area contributed by atoms with E-state index in [9.17, 15) is 4.79 Å². The molecule has 1 heterocycles. The third-order valence-corrected chi connectivity index (χ3v) is 3.08. The molecule has 1 saturated heterocycles. The van der Waals surface area contributed by atoms with Crippen molar-refractivity contribution in [1.82, 2.24) is 10.2 Å². The number of carbonyl (C=O) groups is 1. The minimum absolute atomic E-state index is 0.138. The summed E-state index contributed by atoms with van der Waals surface area (Å²) in [5, 5.41) is 3.19. The van der Waals surface area contributed by atoms with Crippen molar-refractivity contribution in [2.75, 3.05) is 39.4 Å². The van der Waals surface area contributed by atoms with Crippen molar-refractivity contribution >= 4 is 5.97 Å². The van der Waals surface area contributed by atoms with Crippen LogP contribution in [0.15, 0.2) is 0 Å². The molecule has 1 aliphatic rings. The van der Waals surface area contributed by atoms with E-state index in [2.05, 4.69) is 17.1 Å². The summed E-state index contributed by atoms with van der Waals surface area (Å²) in [5.41, 5.74) is 0. The van der Waals surface area contributed by atoms with Crippen molar-refractivity contribution in [2.45, 2.75) is 39.3 Å². The molecule has 0 spiro atoms. The number of morpholine rings is 1. The molecule has 1 aliphatic heterocycles. The molecule has 5 heteroatoms. The van der Waals surface area contributed by atoms with Gasteiger partial charge < -0.3 is 14.8 Å². The van der Waals surface area contributed by atoms with Gasteiger partial charge in [-0.05, 0) is 26.8 Å². The van der Waals surface area contributed by atoms with E-state index in [0.29, 0.717) is 12.7 Å². The molecule has 2 atom stereocenters. The third-order valence-electron chi connectivity index (χ3n) is 3.08. The Morgan fingerprint density at radius 1 is 1.56 bits per heavy atom. The number of esters is 1. The highest BCUT2D eigenvalue weighted by Crippen LogP contribution is 2.06. The molecule has 0 aliphatic carbocycles. The van der Waals surface area contributed by atoms with Gasteiger partial charge in [0.05, 0.1) is 19.3 Å². The molecule has 0 saturated carbocycles. The number of nitrogens with one attached hydrogen (secondary N) is 1. The normalized spacial score (nSPS) is 22.7. The van der Waals surface area contributed by atoms with Gasteiger partial charge >= 0.3 is 5.97 Å². The monoisotopic (exact) mass is 258 g/mol. The molecule has 2 unspecified atom stereocenters. The summed E-state index contributed by atoms with van der Waals surface area (Å²) >= 11 is 0. The maximum Gasteiger partial charge on any atom is 0.323 e. The number of hydrogen-bond donors (Lipinski definition) is 1. The van der Waals surface area contributed by atoms with Crippen LogP contribution in [0.25, 0.3) is 0 Å². The van der Waals surface area contributed by atoms with E-state index in [0.717, 1.165) is 39.2 Å². The standard InChI is InChI=1S/C13H26N2O3/c1-4-14-12(13(16)17-5-2)6-7-15-8-9-18-11(3)10-15/h11-12,14H,4-10H2,1-3H3. The van der Waals surface area contributed by atoms with E-state index in [-0.39, 0.29) is 12.0 Å². The molecule has 0 aromatic carbocycles. The van der Waals surface area contributed by atoms with Gasteiger partial charge in [0.2, 0.25) is 0 Å². The summed E-state index contributed by atoms with van der Waals surface area (Å²) in [6.07, 6.45) is 1.08. The lowest BCUT2D eigenvalue weighted by Crippen LogP contribution is -2.45. The van der Waals surface area contributed by atoms with Crippen LogP contribution >= 0.6 is 0 Å². The Morgan fingerprint density at radius 2 is 2.33 bits per heavy atom. The smallest absolute Gasteiger partial charge is 0.323 e. The number of nitrogens with zero attached hydrogens (tertiary/aromatic N) is 1. The van der Waals surface area contributed by atoms with Crippen LogP contribution in [0.1, 0.15) is 27.2 Å². The fourth-order valence-electron chi connectivity index (χ4n) is 2.20. The van der Waals surface area contributed by atoms with Crippen LogP contribution in [0.3, 0.4) is 0 Å². The van der Waals surface area contributed by atoms with Crippen molar-refractivity contribution in [3.8, 4) is 0 Å². The topological polar surface area (TPSA) is 50.8 Å². The largest absolute Gasteiger partial charge is 0.465 e. The lowest BCUT2D eigenvalue weighted by molar-refractivity contribution is -0.146. The minimum Gasteiger partial charge on any atom is -0.465 e. The summed E-state index contributed by atoms with van der Waals surface area (Å²) in [5.74, 6) is -0.138. The highest BCUT2D eigenvalue weighted by molar-refractivity contribution is 5.75. The molecule has 1 N–H and O–H groups in total. The predicted molar refractivity (Wildman–Crippen MR) is 70.6 cm³/mol. The maximum atomic E-state index is 11.7. The number of likely N-dealkylation sites (N-methyl/N-ethyl adjacent to an activating group) is 1. The molecule has 0 bridgehead atoms. The average Bonchev–Trinajstić information content (AvgIpc) is 2.35. The van der Waals surface area contributed by atoms with Gasteiger partial charge in [-0.1, -0.05) is 6.92 Å². The van der Waals surface area contributed by atoms with Crippen molar-refractivity contribution in [2.24, 2.45) is 0 Å². The molecule has 18 heavy (non-hydrogen) atoms. The number of ether oxygens (including phenoxy) is 2. The van der Waals surface area contributed by atoms with Gasteiger partial charge in [0, 0.05) is 19.6 Å². The molecule has 0 aromatic heterocycles. The predicted octanol–water partition coefficient (Wildman–Crippen LogP) is 0.638. The van der Waals surface area contributed by atoms with E-state index in [1.54, 1.807) is 0 Å². The second kappa shape index (κ2) is 8.45. The third kappa shape index (κ3) is 5.33. The van der Waals surface area contributed by atoms with Crippen LogP contribution in [0.2, 0.25) is 0 Å². The highest BCUT2D eigenvalue weighted by Gasteiger charge is 2.22. The zero-order valence-electron chi connectivity index (χ0n) is 11.8. The fraction of sp³-hybridized carbons (Fsp3) is 0.923. The Labute approximate surface area is 110 Å². The van der Waals surface area contributed by atoms with Crippen LogP contribution < -0.4 is 5.32 Å². The van der Waals surface area contributed by atoms with Crippen LogP contribution in [0, 0.1) is 0 Å². The number of rotatable bonds is 7. The van der Waals surface area contributed by atoms with Gasteiger partial charge in [-0.2, -0.15) is 0 Å². The van der Waals surface area contributed by atoms with E-state index in [1.807, 2.05) is 13.8 Å². The second-order valence-electron chi connectivity index (χ2n) is 4.63. The van der Waals surface area contributed by atoms with E-state index in [1.165, 1.54) is 0 Å².